The van der Waals surface area contributed by atoms with E-state index < -0.39 is 0 Å². The van der Waals surface area contributed by atoms with E-state index in [1.807, 2.05) is 40.8 Å². The minimum Gasteiger partial charge on any atom is -0.350 e. The molecular weight excluding hydrogens is 266 g/mol. The van der Waals surface area contributed by atoms with Crippen molar-refractivity contribution >= 4 is 22.7 Å². The molecule has 5 nitrogen and oxygen atoms in total. The molecule has 0 atom stereocenters. The van der Waals surface area contributed by atoms with Crippen LogP contribution in [0.3, 0.4) is 0 Å². The lowest BCUT2D eigenvalue weighted by Crippen LogP contribution is -2.38. The molecule has 21 heavy (non-hydrogen) atoms. The fourth-order valence-corrected chi connectivity index (χ4v) is 2.85. The van der Waals surface area contributed by atoms with Gasteiger partial charge in [-0.2, -0.15) is 0 Å². The number of hydrogen-bond acceptors (Lipinski definition) is 2. The van der Waals surface area contributed by atoms with E-state index in [9.17, 15) is 9.59 Å². The highest BCUT2D eigenvalue weighted by Crippen LogP contribution is 2.20. The van der Waals surface area contributed by atoms with E-state index in [0.29, 0.717) is 5.56 Å². The molecule has 1 aliphatic rings. The second-order valence-electron chi connectivity index (χ2n) is 5.44. The van der Waals surface area contributed by atoms with Gasteiger partial charge in [-0.15, -0.1) is 0 Å². The van der Waals surface area contributed by atoms with Gasteiger partial charge in [-0.05, 0) is 18.9 Å². The van der Waals surface area contributed by atoms with Crippen LogP contribution in [-0.4, -0.2) is 40.9 Å². The van der Waals surface area contributed by atoms with E-state index >= 15 is 0 Å². The average molecular weight is 285 g/mol. The molecule has 3 rings (SSSR count). The third kappa shape index (κ3) is 2.63. The zero-order chi connectivity index (χ0) is 14.8. The van der Waals surface area contributed by atoms with Crippen LogP contribution < -0.4 is 5.32 Å². The van der Waals surface area contributed by atoms with Gasteiger partial charge in [0.1, 0.15) is 0 Å². The van der Waals surface area contributed by atoms with E-state index in [1.54, 1.807) is 6.20 Å². The number of hydrogen-bond donors (Lipinski definition) is 1. The van der Waals surface area contributed by atoms with Gasteiger partial charge < -0.3 is 14.8 Å². The molecule has 0 radical (unpaired) electrons. The molecule has 1 aliphatic heterocycles. The van der Waals surface area contributed by atoms with Crippen molar-refractivity contribution in [3.63, 3.8) is 0 Å². The topological polar surface area (TPSA) is 54.3 Å². The van der Waals surface area contributed by atoms with Crippen LogP contribution in [0.2, 0.25) is 0 Å². The highest BCUT2D eigenvalue weighted by molar-refractivity contribution is 6.07. The molecule has 1 aromatic carbocycles. The van der Waals surface area contributed by atoms with Crippen molar-refractivity contribution in [1.82, 2.24) is 14.8 Å². The Hall–Kier alpha value is -2.30. The van der Waals surface area contributed by atoms with Crippen LogP contribution in [0.5, 0.6) is 0 Å². The lowest BCUT2D eigenvalue weighted by molar-refractivity contribution is -0.129. The number of fused-ring (bicyclic) bond motifs is 1. The van der Waals surface area contributed by atoms with Gasteiger partial charge >= 0.3 is 0 Å². The van der Waals surface area contributed by atoms with Crippen molar-refractivity contribution in [3.05, 3.63) is 36.0 Å². The van der Waals surface area contributed by atoms with Crippen molar-refractivity contribution in [2.45, 2.75) is 12.8 Å². The molecule has 1 fully saturated rings. The number of carbonyl (C=O) groups excluding carboxylic acids is 2. The van der Waals surface area contributed by atoms with Crippen LogP contribution in [0.1, 0.15) is 23.2 Å². The molecule has 0 unspecified atom stereocenters. The minimum atomic E-state index is -0.195. The zero-order valence-corrected chi connectivity index (χ0v) is 12.1. The van der Waals surface area contributed by atoms with Crippen molar-refractivity contribution in [2.75, 3.05) is 19.6 Å². The summed E-state index contributed by atoms with van der Waals surface area (Å²) in [5.41, 5.74) is 1.62. The fourth-order valence-electron chi connectivity index (χ4n) is 2.85. The Morgan fingerprint density at radius 3 is 2.67 bits per heavy atom. The third-order valence-electron chi connectivity index (χ3n) is 4.00. The Bertz CT molecular complexity index is 684. The van der Waals surface area contributed by atoms with Crippen molar-refractivity contribution < 1.29 is 9.59 Å². The molecule has 5 heteroatoms. The number of rotatable bonds is 3. The summed E-state index contributed by atoms with van der Waals surface area (Å²) in [6.45, 7) is 1.69. The molecule has 2 aromatic rings. The van der Waals surface area contributed by atoms with E-state index in [0.717, 1.165) is 36.8 Å². The summed E-state index contributed by atoms with van der Waals surface area (Å²) in [6, 6.07) is 7.75. The monoisotopic (exact) mass is 285 g/mol. The summed E-state index contributed by atoms with van der Waals surface area (Å²) in [4.78, 5) is 26.1. The zero-order valence-electron chi connectivity index (χ0n) is 12.1. The van der Waals surface area contributed by atoms with Crippen LogP contribution in [0, 0.1) is 0 Å². The van der Waals surface area contributed by atoms with Gasteiger partial charge in [0, 0.05) is 37.2 Å². The Labute approximate surface area is 123 Å². The highest BCUT2D eigenvalue weighted by atomic mass is 16.2. The number of benzene rings is 1. The van der Waals surface area contributed by atoms with Crippen molar-refractivity contribution in [2.24, 2.45) is 7.05 Å². The minimum absolute atomic E-state index is 0.00101. The normalized spacial score (nSPS) is 14.6. The van der Waals surface area contributed by atoms with Gasteiger partial charge in [0.15, 0.2) is 0 Å². The van der Waals surface area contributed by atoms with Gasteiger partial charge in [0.25, 0.3) is 5.91 Å². The summed E-state index contributed by atoms with van der Waals surface area (Å²) in [7, 11) is 1.91. The predicted octanol–water partition coefficient (Wildman–Crippen LogP) is 1.53. The number of para-hydroxylation sites is 1. The van der Waals surface area contributed by atoms with Crippen LogP contribution in [0.4, 0.5) is 0 Å². The molecule has 1 saturated heterocycles. The molecule has 2 amide bonds. The molecule has 1 N–H and O–H groups in total. The smallest absolute Gasteiger partial charge is 0.253 e. The summed E-state index contributed by atoms with van der Waals surface area (Å²) < 4.78 is 1.92. The standard InChI is InChI=1S/C16H19N3O2/c1-18-11-13(12-6-2-3-7-14(12)18)16(21)17-10-15(20)19-8-4-5-9-19/h2-3,6-7,11H,4-5,8-10H2,1H3,(H,17,21). The molecule has 0 aliphatic carbocycles. The van der Waals surface area contributed by atoms with Gasteiger partial charge in [0.2, 0.25) is 5.91 Å². The Morgan fingerprint density at radius 2 is 1.90 bits per heavy atom. The summed E-state index contributed by atoms with van der Waals surface area (Å²) in [6.07, 6.45) is 3.92. The van der Waals surface area contributed by atoms with Gasteiger partial charge in [-0.1, -0.05) is 18.2 Å². The van der Waals surface area contributed by atoms with E-state index in [-0.39, 0.29) is 18.4 Å². The maximum atomic E-state index is 12.3. The predicted molar refractivity (Wildman–Crippen MR) is 81.1 cm³/mol. The molecule has 2 heterocycles. The van der Waals surface area contributed by atoms with Crippen LogP contribution in [0.15, 0.2) is 30.5 Å². The second kappa shape index (κ2) is 5.60. The summed E-state index contributed by atoms with van der Waals surface area (Å²) >= 11 is 0. The van der Waals surface area contributed by atoms with Crippen molar-refractivity contribution in [3.8, 4) is 0 Å². The lowest BCUT2D eigenvalue weighted by atomic mass is 10.1. The van der Waals surface area contributed by atoms with E-state index in [1.165, 1.54) is 0 Å². The molecule has 110 valence electrons. The maximum absolute atomic E-state index is 12.3. The number of nitrogens with zero attached hydrogens (tertiary/aromatic N) is 2. The Morgan fingerprint density at radius 1 is 1.19 bits per heavy atom. The third-order valence-corrected chi connectivity index (χ3v) is 4.00. The first-order valence-corrected chi connectivity index (χ1v) is 7.27. The number of carbonyl (C=O) groups is 2. The highest BCUT2D eigenvalue weighted by Gasteiger charge is 2.19. The van der Waals surface area contributed by atoms with Crippen LogP contribution >= 0.6 is 0 Å². The molecule has 0 saturated carbocycles. The first-order valence-electron chi connectivity index (χ1n) is 7.27. The quantitative estimate of drug-likeness (QED) is 0.930. The second-order valence-corrected chi connectivity index (χ2v) is 5.44. The van der Waals surface area contributed by atoms with Crippen LogP contribution in [-0.2, 0) is 11.8 Å². The SMILES string of the molecule is Cn1cc(C(=O)NCC(=O)N2CCCC2)c2ccccc21. The molecular formula is C16H19N3O2. The fraction of sp³-hybridized carbons (Fsp3) is 0.375. The Kier molecular flexibility index (Phi) is 3.64. The summed E-state index contributed by atoms with van der Waals surface area (Å²) in [5.74, 6) is -0.194. The van der Waals surface area contributed by atoms with Gasteiger partial charge in [-0.25, -0.2) is 0 Å². The van der Waals surface area contributed by atoms with Gasteiger partial charge in [0.05, 0.1) is 12.1 Å². The number of amides is 2. The lowest BCUT2D eigenvalue weighted by Gasteiger charge is -2.15. The first-order chi connectivity index (χ1) is 10.2. The molecule has 0 bridgehead atoms. The number of aryl methyl sites for hydroxylation is 1. The van der Waals surface area contributed by atoms with Gasteiger partial charge in [-0.3, -0.25) is 9.59 Å². The maximum Gasteiger partial charge on any atom is 0.253 e. The first kappa shape index (κ1) is 13.7. The Balaban J connectivity index is 1.71. The molecule has 0 spiro atoms. The summed E-state index contributed by atoms with van der Waals surface area (Å²) in [5, 5.41) is 3.65. The van der Waals surface area contributed by atoms with Crippen molar-refractivity contribution in [1.29, 1.82) is 0 Å². The largest absolute Gasteiger partial charge is 0.350 e. The average Bonchev–Trinajstić information content (AvgIpc) is 3.13. The van der Waals surface area contributed by atoms with E-state index in [4.69, 9.17) is 0 Å². The number of nitrogens with one attached hydrogen (secondary N) is 1. The van der Waals surface area contributed by atoms with E-state index in [2.05, 4.69) is 5.32 Å². The molecule has 1 aromatic heterocycles. The number of likely N-dealkylation sites (tertiary alicyclic amines) is 1. The van der Waals surface area contributed by atoms with Crippen LogP contribution in [0.25, 0.3) is 10.9 Å². The number of aromatic nitrogens is 1.